The Balaban J connectivity index is 2.80. The van der Waals surface area contributed by atoms with Crippen LogP contribution >= 0.6 is 11.8 Å². The Kier molecular flexibility index (Phi) is 3.97. The Labute approximate surface area is 99.9 Å². The smallest absolute Gasteiger partial charge is 0.127 e. The Hall–Kier alpha value is -1.03. The van der Waals surface area contributed by atoms with Gasteiger partial charge in [-0.3, -0.25) is 5.41 Å². The summed E-state index contributed by atoms with van der Waals surface area (Å²) >= 11 is 1.69. The van der Waals surface area contributed by atoms with Crippen LogP contribution in [0.3, 0.4) is 0 Å². The minimum absolute atomic E-state index is 0.103. The topological polar surface area (TPSA) is 49.9 Å². The number of amidine groups is 1. The summed E-state index contributed by atoms with van der Waals surface area (Å²) in [7, 11) is 0. The maximum atomic E-state index is 13.6. The van der Waals surface area contributed by atoms with Gasteiger partial charge in [0.2, 0.25) is 0 Å². The maximum absolute atomic E-state index is 13.6. The number of rotatable bonds is 3. The van der Waals surface area contributed by atoms with E-state index in [-0.39, 0.29) is 16.4 Å². The molecule has 0 heterocycles. The highest BCUT2D eigenvalue weighted by atomic mass is 32.2. The lowest BCUT2D eigenvalue weighted by molar-refractivity contribution is 0.616. The first-order valence-corrected chi connectivity index (χ1v) is 6.05. The van der Waals surface area contributed by atoms with Crippen LogP contribution in [0.5, 0.6) is 0 Å². The summed E-state index contributed by atoms with van der Waals surface area (Å²) in [5.41, 5.74) is 6.38. The van der Waals surface area contributed by atoms with E-state index in [9.17, 15) is 4.39 Å². The van der Waals surface area contributed by atoms with E-state index in [1.165, 1.54) is 6.07 Å². The van der Waals surface area contributed by atoms with Gasteiger partial charge in [-0.25, -0.2) is 4.39 Å². The molecule has 0 radical (unpaired) electrons. The predicted octanol–water partition coefficient (Wildman–Crippen LogP) is 3.14. The van der Waals surface area contributed by atoms with E-state index in [0.717, 1.165) is 0 Å². The molecule has 0 aliphatic rings. The molecule has 1 aromatic carbocycles. The van der Waals surface area contributed by atoms with Gasteiger partial charge in [0.25, 0.3) is 0 Å². The molecule has 0 unspecified atom stereocenters. The van der Waals surface area contributed by atoms with Crippen LogP contribution in [0.15, 0.2) is 18.2 Å². The summed E-state index contributed by atoms with van der Waals surface area (Å²) in [4.78, 5) is 0. The first-order valence-electron chi connectivity index (χ1n) is 5.06. The van der Waals surface area contributed by atoms with E-state index >= 15 is 0 Å². The van der Waals surface area contributed by atoms with Gasteiger partial charge in [0.15, 0.2) is 0 Å². The molecular weight excluding hydrogens is 223 g/mol. The van der Waals surface area contributed by atoms with Gasteiger partial charge in [0.05, 0.1) is 0 Å². The van der Waals surface area contributed by atoms with Crippen molar-refractivity contribution in [3.8, 4) is 0 Å². The molecular formula is C12H17FN2S. The normalized spacial score (nSPS) is 11.5. The summed E-state index contributed by atoms with van der Waals surface area (Å²) in [6.07, 6.45) is 0. The van der Waals surface area contributed by atoms with Crippen LogP contribution in [0.2, 0.25) is 0 Å². The molecule has 0 aromatic heterocycles. The first kappa shape index (κ1) is 13.0. The molecule has 1 aromatic rings. The van der Waals surface area contributed by atoms with Gasteiger partial charge in [-0.15, -0.1) is 0 Å². The number of hydrogen-bond acceptors (Lipinski definition) is 2. The van der Waals surface area contributed by atoms with Gasteiger partial charge in [0.1, 0.15) is 11.7 Å². The highest BCUT2D eigenvalue weighted by Crippen LogP contribution is 2.28. The highest BCUT2D eigenvalue weighted by molar-refractivity contribution is 7.99. The van der Waals surface area contributed by atoms with Gasteiger partial charge < -0.3 is 5.73 Å². The Bertz CT molecular complexity index is 396. The van der Waals surface area contributed by atoms with Gasteiger partial charge in [-0.05, 0) is 11.6 Å². The quantitative estimate of drug-likeness (QED) is 0.630. The van der Waals surface area contributed by atoms with E-state index in [4.69, 9.17) is 11.1 Å². The van der Waals surface area contributed by atoms with Crippen LogP contribution < -0.4 is 5.73 Å². The minimum atomic E-state index is -0.288. The molecule has 2 nitrogen and oxygen atoms in total. The van der Waals surface area contributed by atoms with Crippen LogP contribution in [-0.2, 0) is 5.75 Å². The number of nitrogens with one attached hydrogen (secondary N) is 1. The molecule has 1 rings (SSSR count). The molecule has 0 aliphatic carbocycles. The third kappa shape index (κ3) is 3.85. The molecule has 0 saturated carbocycles. The van der Waals surface area contributed by atoms with Crippen molar-refractivity contribution in [3.05, 3.63) is 35.1 Å². The minimum Gasteiger partial charge on any atom is -0.384 e. The molecule has 88 valence electrons. The SMILES string of the molecule is CC(C)(C)SCc1ccc(C(=N)N)cc1F. The van der Waals surface area contributed by atoms with E-state index in [0.29, 0.717) is 16.9 Å². The summed E-state index contributed by atoms with van der Waals surface area (Å²) in [5.74, 6) is 0.242. The first-order chi connectivity index (χ1) is 7.29. The van der Waals surface area contributed by atoms with E-state index < -0.39 is 0 Å². The molecule has 0 amide bonds. The number of hydrogen-bond donors (Lipinski definition) is 2. The van der Waals surface area contributed by atoms with E-state index in [1.807, 2.05) is 0 Å². The molecule has 16 heavy (non-hydrogen) atoms. The molecule has 0 fully saturated rings. The zero-order chi connectivity index (χ0) is 12.3. The fourth-order valence-electron chi connectivity index (χ4n) is 1.13. The fraction of sp³-hybridized carbons (Fsp3) is 0.417. The molecule has 0 aliphatic heterocycles. The second-order valence-corrected chi connectivity index (χ2v) is 6.42. The Morgan fingerprint density at radius 1 is 1.44 bits per heavy atom. The Morgan fingerprint density at radius 3 is 2.50 bits per heavy atom. The fourth-order valence-corrected chi connectivity index (χ4v) is 1.95. The van der Waals surface area contributed by atoms with Crippen molar-refractivity contribution in [1.29, 1.82) is 5.41 Å². The summed E-state index contributed by atoms with van der Waals surface area (Å²) in [6, 6.07) is 4.70. The van der Waals surface area contributed by atoms with Crippen molar-refractivity contribution in [2.24, 2.45) is 5.73 Å². The van der Waals surface area contributed by atoms with E-state index in [2.05, 4.69) is 20.8 Å². The largest absolute Gasteiger partial charge is 0.384 e. The average molecular weight is 240 g/mol. The number of nitrogens with two attached hydrogens (primary N) is 1. The van der Waals surface area contributed by atoms with Crippen molar-refractivity contribution in [1.82, 2.24) is 0 Å². The number of thioether (sulfide) groups is 1. The standard InChI is InChI=1S/C12H17FN2S/c1-12(2,3)16-7-9-5-4-8(11(14)15)6-10(9)13/h4-6H,7H2,1-3H3,(H3,14,15). The molecule has 0 saturated heterocycles. The van der Waals surface area contributed by atoms with Crippen molar-refractivity contribution < 1.29 is 4.39 Å². The Morgan fingerprint density at radius 2 is 2.06 bits per heavy atom. The average Bonchev–Trinajstić information content (AvgIpc) is 2.14. The summed E-state index contributed by atoms with van der Waals surface area (Å²) in [6.45, 7) is 6.29. The van der Waals surface area contributed by atoms with Crippen LogP contribution in [0, 0.1) is 11.2 Å². The second kappa shape index (κ2) is 4.87. The molecule has 0 atom stereocenters. The number of halogens is 1. The van der Waals surface area contributed by atoms with Gasteiger partial charge in [-0.1, -0.05) is 32.9 Å². The predicted molar refractivity (Wildman–Crippen MR) is 68.5 cm³/mol. The van der Waals surface area contributed by atoms with Crippen molar-refractivity contribution in [2.75, 3.05) is 0 Å². The third-order valence-electron chi connectivity index (χ3n) is 2.02. The third-order valence-corrected chi connectivity index (χ3v) is 3.35. The van der Waals surface area contributed by atoms with Gasteiger partial charge in [-0.2, -0.15) is 11.8 Å². The zero-order valence-electron chi connectivity index (χ0n) is 9.80. The maximum Gasteiger partial charge on any atom is 0.127 e. The van der Waals surface area contributed by atoms with Gasteiger partial charge in [0, 0.05) is 16.1 Å². The monoisotopic (exact) mass is 240 g/mol. The zero-order valence-corrected chi connectivity index (χ0v) is 10.6. The van der Waals surface area contributed by atoms with Crippen LogP contribution in [0.4, 0.5) is 4.39 Å². The molecule has 0 spiro atoms. The van der Waals surface area contributed by atoms with E-state index in [1.54, 1.807) is 23.9 Å². The second-order valence-electron chi connectivity index (χ2n) is 4.62. The highest BCUT2D eigenvalue weighted by Gasteiger charge is 2.12. The van der Waals surface area contributed by atoms with Crippen molar-refractivity contribution >= 4 is 17.6 Å². The van der Waals surface area contributed by atoms with Crippen LogP contribution in [-0.4, -0.2) is 10.6 Å². The van der Waals surface area contributed by atoms with Crippen LogP contribution in [0.1, 0.15) is 31.9 Å². The lowest BCUT2D eigenvalue weighted by Gasteiger charge is -2.17. The molecule has 0 bridgehead atoms. The molecule has 4 heteroatoms. The lowest BCUT2D eigenvalue weighted by atomic mass is 10.1. The lowest BCUT2D eigenvalue weighted by Crippen LogP contribution is -2.12. The summed E-state index contributed by atoms with van der Waals surface area (Å²) < 4.78 is 13.7. The molecule has 3 N–H and O–H groups in total. The van der Waals surface area contributed by atoms with Crippen molar-refractivity contribution in [3.63, 3.8) is 0 Å². The van der Waals surface area contributed by atoms with Crippen LogP contribution in [0.25, 0.3) is 0 Å². The number of benzene rings is 1. The van der Waals surface area contributed by atoms with Crippen molar-refractivity contribution in [2.45, 2.75) is 31.3 Å². The number of nitrogen functional groups attached to an aromatic ring is 1. The van der Waals surface area contributed by atoms with Gasteiger partial charge >= 0.3 is 0 Å². The summed E-state index contributed by atoms with van der Waals surface area (Å²) in [5, 5.41) is 7.21.